The molecular weight excluding hydrogens is 456 g/mol. The van der Waals surface area contributed by atoms with E-state index in [1.165, 1.54) is 0 Å². The maximum Gasteiger partial charge on any atom is 0.137 e. The SMILES string of the molecule is C=CC.Clc1ccccc1COc1cccc(C2Nc3ccccc3-c3ncnn4ccc2c34)c1. The van der Waals surface area contributed by atoms with Crippen LogP contribution in [0.1, 0.15) is 29.7 Å². The van der Waals surface area contributed by atoms with Gasteiger partial charge in [-0.2, -0.15) is 5.10 Å². The average molecular weight is 481 g/mol. The highest BCUT2D eigenvalue weighted by Gasteiger charge is 2.26. The van der Waals surface area contributed by atoms with Gasteiger partial charge in [-0.25, -0.2) is 9.50 Å². The summed E-state index contributed by atoms with van der Waals surface area (Å²) in [5.41, 5.74) is 7.22. The Hall–Kier alpha value is -4.09. The third kappa shape index (κ3) is 4.51. The molecule has 0 spiro atoms. The number of nitrogens with one attached hydrogen (secondary N) is 1. The van der Waals surface area contributed by atoms with Crippen molar-refractivity contribution in [3.63, 3.8) is 0 Å². The zero-order chi connectivity index (χ0) is 24.2. The number of nitrogens with zero attached hydrogens (tertiary/aromatic N) is 3. The number of para-hydroxylation sites is 1. The van der Waals surface area contributed by atoms with Crippen LogP contribution in [0.3, 0.4) is 0 Å². The maximum absolute atomic E-state index is 6.29. The molecule has 174 valence electrons. The molecular formula is C29H25ClN4O. The number of benzene rings is 3. The summed E-state index contributed by atoms with van der Waals surface area (Å²) in [6, 6.07) is 26.2. The molecule has 0 radical (unpaired) electrons. The highest BCUT2D eigenvalue weighted by atomic mass is 35.5. The van der Waals surface area contributed by atoms with Gasteiger partial charge in [0.05, 0.1) is 11.6 Å². The molecule has 3 aromatic carbocycles. The lowest BCUT2D eigenvalue weighted by Crippen LogP contribution is -2.11. The van der Waals surface area contributed by atoms with Crippen molar-refractivity contribution in [2.45, 2.75) is 19.6 Å². The largest absolute Gasteiger partial charge is 0.489 e. The maximum atomic E-state index is 6.29. The van der Waals surface area contributed by atoms with Gasteiger partial charge in [-0.15, -0.1) is 6.58 Å². The van der Waals surface area contributed by atoms with Crippen molar-refractivity contribution in [1.29, 1.82) is 0 Å². The molecule has 0 amide bonds. The van der Waals surface area contributed by atoms with Crippen LogP contribution in [0.5, 0.6) is 5.75 Å². The Kier molecular flexibility index (Phi) is 6.51. The Balaban J connectivity index is 0.000000806. The molecule has 0 aliphatic carbocycles. The van der Waals surface area contributed by atoms with Gasteiger partial charge >= 0.3 is 0 Å². The highest BCUT2D eigenvalue weighted by Crippen LogP contribution is 2.41. The van der Waals surface area contributed by atoms with E-state index >= 15 is 0 Å². The van der Waals surface area contributed by atoms with Crippen LogP contribution in [-0.2, 0) is 6.61 Å². The molecule has 0 saturated carbocycles. The van der Waals surface area contributed by atoms with E-state index in [9.17, 15) is 0 Å². The molecule has 35 heavy (non-hydrogen) atoms. The van der Waals surface area contributed by atoms with E-state index in [0.717, 1.165) is 44.9 Å². The van der Waals surface area contributed by atoms with Gasteiger partial charge in [0.1, 0.15) is 24.4 Å². The van der Waals surface area contributed by atoms with E-state index in [0.29, 0.717) is 11.6 Å². The fraction of sp³-hybridized carbons (Fsp3) is 0.103. The third-order valence-electron chi connectivity index (χ3n) is 5.82. The molecule has 5 nitrogen and oxygen atoms in total. The number of rotatable bonds is 4. The van der Waals surface area contributed by atoms with Crippen molar-refractivity contribution in [3.8, 4) is 17.0 Å². The second-order valence-electron chi connectivity index (χ2n) is 8.16. The Morgan fingerprint density at radius 1 is 1.06 bits per heavy atom. The molecule has 1 unspecified atom stereocenters. The highest BCUT2D eigenvalue weighted by molar-refractivity contribution is 6.31. The molecule has 1 aliphatic rings. The molecule has 1 aliphatic heterocycles. The molecule has 6 rings (SSSR count). The first-order valence-electron chi connectivity index (χ1n) is 11.4. The number of fused-ring (bicyclic) bond motifs is 2. The number of aromatic nitrogens is 3. The summed E-state index contributed by atoms with van der Waals surface area (Å²) in [5.74, 6) is 0.793. The van der Waals surface area contributed by atoms with Crippen molar-refractivity contribution in [2.24, 2.45) is 0 Å². The fourth-order valence-corrected chi connectivity index (χ4v) is 4.47. The summed E-state index contributed by atoms with van der Waals surface area (Å²) in [4.78, 5) is 4.62. The zero-order valence-corrected chi connectivity index (χ0v) is 20.1. The van der Waals surface area contributed by atoms with E-state index < -0.39 is 0 Å². The van der Waals surface area contributed by atoms with Crippen molar-refractivity contribution in [1.82, 2.24) is 14.6 Å². The summed E-state index contributed by atoms with van der Waals surface area (Å²) < 4.78 is 7.98. The smallest absolute Gasteiger partial charge is 0.137 e. The van der Waals surface area contributed by atoms with Crippen molar-refractivity contribution in [3.05, 3.63) is 126 Å². The molecule has 1 N–H and O–H groups in total. The molecule has 1 atom stereocenters. The van der Waals surface area contributed by atoms with Gasteiger partial charge < -0.3 is 10.1 Å². The van der Waals surface area contributed by atoms with Crippen molar-refractivity contribution in [2.75, 3.05) is 5.32 Å². The molecule has 0 bridgehead atoms. The summed E-state index contributed by atoms with van der Waals surface area (Å²) >= 11 is 6.29. The van der Waals surface area contributed by atoms with Crippen molar-refractivity contribution >= 4 is 22.8 Å². The van der Waals surface area contributed by atoms with Gasteiger partial charge in [-0.3, -0.25) is 0 Å². The molecule has 6 heteroatoms. The van der Waals surface area contributed by atoms with Gasteiger partial charge in [-0.1, -0.05) is 66.2 Å². The quantitative estimate of drug-likeness (QED) is 0.273. The van der Waals surface area contributed by atoms with Crippen LogP contribution >= 0.6 is 11.6 Å². The molecule has 0 fully saturated rings. The zero-order valence-electron chi connectivity index (χ0n) is 19.4. The third-order valence-corrected chi connectivity index (χ3v) is 6.19. The van der Waals surface area contributed by atoms with E-state index in [1.807, 2.05) is 66.2 Å². The normalized spacial score (nSPS) is 13.6. The van der Waals surface area contributed by atoms with Gasteiger partial charge in [0.15, 0.2) is 0 Å². The lowest BCUT2D eigenvalue weighted by molar-refractivity contribution is 0.306. The topological polar surface area (TPSA) is 51.5 Å². The first kappa shape index (κ1) is 22.7. The second-order valence-corrected chi connectivity index (χ2v) is 8.56. The van der Waals surface area contributed by atoms with Crippen LogP contribution in [0.4, 0.5) is 5.69 Å². The average Bonchev–Trinajstić information content (AvgIpc) is 3.25. The first-order chi connectivity index (χ1) is 17.2. The minimum absolute atomic E-state index is 0.0720. The Morgan fingerprint density at radius 2 is 1.86 bits per heavy atom. The summed E-state index contributed by atoms with van der Waals surface area (Å²) in [6.45, 7) is 5.66. The lowest BCUT2D eigenvalue weighted by Gasteiger charge is -2.20. The van der Waals surface area contributed by atoms with Crippen LogP contribution in [0.25, 0.3) is 16.8 Å². The minimum atomic E-state index is -0.0720. The standard InChI is InChI=1S/C26H19ClN4O.C3H6/c27-22-10-3-1-6-18(22)15-32-19-8-5-7-17(14-19)24-21-12-13-31-26(21)25(28-16-29-31)20-9-2-4-11-23(20)30-24;1-3-2/h1-14,16,24,30H,15H2;3H,1H2,2H3. The Bertz CT molecular complexity index is 1490. The monoisotopic (exact) mass is 480 g/mol. The van der Waals surface area contributed by atoms with Gasteiger partial charge in [0, 0.05) is 33.6 Å². The van der Waals surface area contributed by atoms with Crippen LogP contribution in [-0.4, -0.2) is 14.6 Å². The Labute approximate surface area is 209 Å². The Morgan fingerprint density at radius 3 is 2.71 bits per heavy atom. The minimum Gasteiger partial charge on any atom is -0.489 e. The second kappa shape index (κ2) is 10.0. The number of ether oxygens (including phenoxy) is 1. The number of anilines is 1. The van der Waals surface area contributed by atoms with Gasteiger partial charge in [0.25, 0.3) is 0 Å². The lowest BCUT2D eigenvalue weighted by atomic mass is 9.99. The number of hydrogen-bond donors (Lipinski definition) is 1. The van der Waals surface area contributed by atoms with Crippen LogP contribution in [0, 0.1) is 0 Å². The van der Waals surface area contributed by atoms with E-state index in [2.05, 4.69) is 52.3 Å². The number of hydrogen-bond acceptors (Lipinski definition) is 4. The predicted molar refractivity (Wildman–Crippen MR) is 142 cm³/mol. The summed E-state index contributed by atoms with van der Waals surface area (Å²) in [5, 5.41) is 8.84. The van der Waals surface area contributed by atoms with E-state index in [4.69, 9.17) is 16.3 Å². The van der Waals surface area contributed by atoms with Crippen LogP contribution in [0.15, 0.2) is 104 Å². The fourth-order valence-electron chi connectivity index (χ4n) is 4.28. The molecule has 3 heterocycles. The molecule has 5 aromatic rings. The number of allylic oxidation sites excluding steroid dienone is 1. The van der Waals surface area contributed by atoms with Gasteiger partial charge in [0.2, 0.25) is 0 Å². The number of halogens is 1. The first-order valence-corrected chi connectivity index (χ1v) is 11.8. The van der Waals surface area contributed by atoms with Crippen LogP contribution in [0.2, 0.25) is 5.02 Å². The molecule has 2 aromatic heterocycles. The van der Waals surface area contributed by atoms with Crippen LogP contribution < -0.4 is 10.1 Å². The summed E-state index contributed by atoms with van der Waals surface area (Å²) in [7, 11) is 0. The van der Waals surface area contributed by atoms with E-state index in [1.54, 1.807) is 12.4 Å². The van der Waals surface area contributed by atoms with E-state index in [-0.39, 0.29) is 6.04 Å². The summed E-state index contributed by atoms with van der Waals surface area (Å²) in [6.07, 6.45) is 5.34. The predicted octanol–water partition coefficient (Wildman–Crippen LogP) is 7.34. The molecule has 0 saturated heterocycles. The van der Waals surface area contributed by atoms with Crippen molar-refractivity contribution < 1.29 is 4.74 Å². The van der Waals surface area contributed by atoms with Gasteiger partial charge in [-0.05, 0) is 42.8 Å².